The summed E-state index contributed by atoms with van der Waals surface area (Å²) in [6.45, 7) is 4.08. The lowest BCUT2D eigenvalue weighted by Crippen LogP contribution is -2.31. The van der Waals surface area contributed by atoms with Crippen LogP contribution >= 0.6 is 68.0 Å². The van der Waals surface area contributed by atoms with Crippen molar-refractivity contribution in [2.75, 3.05) is 7.11 Å². The zero-order valence-corrected chi connectivity index (χ0v) is 40.1. The zero-order valence-electron chi connectivity index (χ0n) is 35.2. The van der Waals surface area contributed by atoms with Gasteiger partial charge in [0.2, 0.25) is 23.6 Å². The summed E-state index contributed by atoms with van der Waals surface area (Å²) in [6, 6.07) is 32.1. The van der Waals surface area contributed by atoms with Crippen molar-refractivity contribution in [1.82, 2.24) is 20.0 Å². The fourth-order valence-corrected chi connectivity index (χ4v) is 10.8. The maximum Gasteiger partial charge on any atom is 0.223 e. The van der Waals surface area contributed by atoms with E-state index in [0.717, 1.165) is 30.8 Å². The number of hydrogen-bond acceptors (Lipinski definition) is 11. The van der Waals surface area contributed by atoms with E-state index in [0.29, 0.717) is 84.3 Å². The molecular formula is C48H52N4O5S6. The van der Waals surface area contributed by atoms with E-state index in [-0.39, 0.29) is 23.6 Å². The normalized spacial score (nSPS) is 10.7. The first-order valence-corrected chi connectivity index (χ1v) is 26.0. The third-order valence-electron chi connectivity index (χ3n) is 9.82. The van der Waals surface area contributed by atoms with Crippen molar-refractivity contribution in [2.24, 2.45) is 0 Å². The van der Waals surface area contributed by atoms with Crippen molar-refractivity contribution >= 4 is 91.6 Å². The summed E-state index contributed by atoms with van der Waals surface area (Å²) in [4.78, 5) is 63.8. The van der Waals surface area contributed by atoms with Gasteiger partial charge in [0.05, 0.1) is 46.4 Å². The Hall–Kier alpha value is -4.90. The van der Waals surface area contributed by atoms with Gasteiger partial charge in [-0.15, -0.1) is 68.0 Å². The number of nitrogens with zero attached hydrogens (tertiary/aromatic N) is 3. The Labute approximate surface area is 394 Å². The van der Waals surface area contributed by atoms with Crippen LogP contribution in [0, 0.1) is 0 Å². The first-order chi connectivity index (χ1) is 30.8. The molecule has 1 N–H and O–H groups in total. The highest BCUT2D eigenvalue weighted by Gasteiger charge is 2.20. The number of hydrogen-bond donors (Lipinski definition) is 1. The number of carbonyl (C=O) groups excluding carboxylic acids is 4. The van der Waals surface area contributed by atoms with Crippen molar-refractivity contribution in [3.8, 4) is 5.75 Å². The van der Waals surface area contributed by atoms with Crippen LogP contribution < -0.4 is 10.1 Å². The van der Waals surface area contributed by atoms with Crippen LogP contribution in [0.2, 0.25) is 0 Å². The highest BCUT2D eigenvalue weighted by molar-refractivity contribution is 7.11. The van der Waals surface area contributed by atoms with Gasteiger partial charge in [-0.05, 0) is 99.2 Å². The first-order valence-electron chi connectivity index (χ1n) is 20.7. The number of carbonyl (C=O) groups is 4. The van der Waals surface area contributed by atoms with Gasteiger partial charge in [0.25, 0.3) is 0 Å². The van der Waals surface area contributed by atoms with Crippen LogP contribution in [0.3, 0.4) is 0 Å². The second kappa shape index (κ2) is 26.0. The average Bonchev–Trinajstić information content (AvgIpc) is 4.15. The largest absolute Gasteiger partial charge is 0.497 e. The van der Waals surface area contributed by atoms with Gasteiger partial charge < -0.3 is 24.8 Å². The minimum atomic E-state index is -0.000682. The Morgan fingerprint density at radius 1 is 0.460 bits per heavy atom. The smallest absolute Gasteiger partial charge is 0.223 e. The van der Waals surface area contributed by atoms with Crippen LogP contribution in [0.1, 0.15) is 73.4 Å². The predicted octanol–water partition coefficient (Wildman–Crippen LogP) is 11.7. The van der Waals surface area contributed by atoms with E-state index >= 15 is 0 Å². The lowest BCUT2D eigenvalue weighted by Gasteiger charge is -2.24. The predicted molar refractivity (Wildman–Crippen MR) is 261 cm³/mol. The summed E-state index contributed by atoms with van der Waals surface area (Å²) in [7, 11) is 1.64. The van der Waals surface area contributed by atoms with Crippen LogP contribution in [-0.4, -0.2) is 45.4 Å². The van der Waals surface area contributed by atoms with Crippen LogP contribution in [0.15, 0.2) is 129 Å². The molecule has 0 bridgehead atoms. The van der Waals surface area contributed by atoms with Crippen molar-refractivity contribution < 1.29 is 23.9 Å². The second-order valence-corrected chi connectivity index (χ2v) is 20.8. The Morgan fingerprint density at radius 2 is 0.825 bits per heavy atom. The fourth-order valence-electron chi connectivity index (χ4n) is 6.59. The van der Waals surface area contributed by atoms with Gasteiger partial charge in [0.15, 0.2) is 0 Å². The molecule has 4 amide bonds. The van der Waals surface area contributed by atoms with E-state index in [1.807, 2.05) is 120 Å². The van der Waals surface area contributed by atoms with Crippen LogP contribution in [0.25, 0.3) is 0 Å². The SMILES string of the molecule is COc1cccc(CN(Cc2cccs2)C(=O)CCCC(=O)N(Cc2cccs2)Cc2cccs2)c1.O=C(CCCC(=O)N(Cc1cccs1)Cc1cccs1)NCc1cccs1. The molecule has 0 aliphatic rings. The van der Waals surface area contributed by atoms with Crippen molar-refractivity contribution in [2.45, 2.75) is 84.3 Å². The fraction of sp³-hybridized carbons (Fsp3) is 0.292. The van der Waals surface area contributed by atoms with Crippen LogP contribution in [-0.2, 0) is 65.0 Å². The lowest BCUT2D eigenvalue weighted by atomic mass is 10.1. The summed E-state index contributed by atoms with van der Waals surface area (Å²) in [5.41, 5.74) is 1.02. The molecule has 0 atom stereocenters. The van der Waals surface area contributed by atoms with Crippen LogP contribution in [0.4, 0.5) is 0 Å². The molecule has 9 nitrogen and oxygen atoms in total. The van der Waals surface area contributed by atoms with E-state index in [1.165, 1.54) is 9.75 Å². The van der Waals surface area contributed by atoms with E-state index in [2.05, 4.69) is 29.6 Å². The molecule has 330 valence electrons. The molecule has 0 saturated carbocycles. The maximum atomic E-state index is 13.3. The number of rotatable bonds is 23. The minimum Gasteiger partial charge on any atom is -0.497 e. The average molecular weight is 957 g/mol. The molecule has 63 heavy (non-hydrogen) atoms. The molecule has 0 spiro atoms. The van der Waals surface area contributed by atoms with E-state index in [4.69, 9.17) is 4.74 Å². The Balaban J connectivity index is 0.000000219. The summed E-state index contributed by atoms with van der Waals surface area (Å²) in [5, 5.41) is 15.1. The van der Waals surface area contributed by atoms with E-state index in [1.54, 1.807) is 75.1 Å². The number of ether oxygens (including phenoxy) is 1. The van der Waals surface area contributed by atoms with Gasteiger partial charge in [-0.25, -0.2) is 0 Å². The third-order valence-corrected chi connectivity index (χ3v) is 15.0. The molecule has 7 rings (SSSR count). The molecule has 0 saturated heterocycles. The van der Waals surface area contributed by atoms with Crippen molar-refractivity contribution in [3.05, 3.63) is 164 Å². The van der Waals surface area contributed by atoms with Gasteiger partial charge in [-0.1, -0.05) is 48.5 Å². The number of benzene rings is 1. The standard InChI is InChI=1S/C28H30N2O3S3.C20H22N2O2S3/c1-33-23-8-2-7-22(17-23)18-29(19-24-9-4-14-34-24)27(31)12-3-13-28(32)30(20-25-10-5-15-35-25)21-26-11-6-16-36-26;23-19(21-13-16-5-2-10-25-16)8-1-9-20(24)22(14-17-6-3-11-26-17)15-18-7-4-12-27-18/h2,4-11,14-17H,3,12-13,18-21H2,1H3;2-7,10-12H,1,8-9,13-15H2,(H,21,23). The van der Waals surface area contributed by atoms with E-state index < -0.39 is 0 Å². The summed E-state index contributed by atoms with van der Waals surface area (Å²) in [5.74, 6) is 1.02. The zero-order chi connectivity index (χ0) is 44.1. The number of amides is 4. The maximum absolute atomic E-state index is 13.3. The van der Waals surface area contributed by atoms with Gasteiger partial charge in [-0.2, -0.15) is 0 Å². The molecule has 0 aliphatic carbocycles. The molecule has 1 aromatic carbocycles. The summed E-state index contributed by atoms with van der Waals surface area (Å²) < 4.78 is 5.35. The van der Waals surface area contributed by atoms with Gasteiger partial charge in [-0.3, -0.25) is 19.2 Å². The molecule has 0 fully saturated rings. The van der Waals surface area contributed by atoms with Crippen molar-refractivity contribution in [3.63, 3.8) is 0 Å². The first kappa shape index (κ1) is 47.6. The number of thiophene rings is 6. The second-order valence-electron chi connectivity index (χ2n) is 14.6. The topological polar surface area (TPSA) is 99.3 Å². The highest BCUT2D eigenvalue weighted by atomic mass is 32.1. The molecule has 6 heterocycles. The Kier molecular flexibility index (Phi) is 19.7. The van der Waals surface area contributed by atoms with Crippen LogP contribution in [0.5, 0.6) is 5.75 Å². The van der Waals surface area contributed by atoms with Crippen molar-refractivity contribution in [1.29, 1.82) is 0 Å². The number of nitrogens with one attached hydrogen (secondary N) is 1. The molecule has 0 unspecified atom stereocenters. The van der Waals surface area contributed by atoms with Gasteiger partial charge in [0, 0.05) is 61.5 Å². The lowest BCUT2D eigenvalue weighted by molar-refractivity contribution is -0.134. The summed E-state index contributed by atoms with van der Waals surface area (Å²) >= 11 is 9.92. The van der Waals surface area contributed by atoms with E-state index in [9.17, 15) is 19.2 Å². The molecule has 7 aromatic rings. The molecule has 0 radical (unpaired) electrons. The molecular weight excluding hydrogens is 905 g/mol. The monoisotopic (exact) mass is 956 g/mol. The highest BCUT2D eigenvalue weighted by Crippen LogP contribution is 2.22. The Morgan fingerprint density at radius 3 is 1.19 bits per heavy atom. The minimum absolute atomic E-state index is 0.000682. The Bertz CT molecular complexity index is 2270. The summed E-state index contributed by atoms with van der Waals surface area (Å²) in [6.07, 6.45) is 2.57. The molecule has 6 aromatic heterocycles. The molecule has 15 heteroatoms. The van der Waals surface area contributed by atoms with Gasteiger partial charge in [0.1, 0.15) is 5.75 Å². The molecule has 0 aliphatic heterocycles. The quantitative estimate of drug-likeness (QED) is 0.0689. The number of methoxy groups -OCH3 is 1. The third kappa shape index (κ3) is 16.6. The van der Waals surface area contributed by atoms with Gasteiger partial charge >= 0.3 is 0 Å².